The number of aromatic amines is 1. The second-order valence-electron chi connectivity index (χ2n) is 5.33. The molecule has 1 fully saturated rings. The molecule has 106 valence electrons. The Hall–Kier alpha value is -2.14. The third kappa shape index (κ3) is 2.05. The van der Waals surface area contributed by atoms with E-state index in [9.17, 15) is 4.79 Å². The lowest BCUT2D eigenvalue weighted by atomic mass is 10.1. The molecule has 1 unspecified atom stereocenters. The Kier molecular flexibility index (Phi) is 3.00. The summed E-state index contributed by atoms with van der Waals surface area (Å²) in [7, 11) is 0. The molecule has 1 atom stereocenters. The fraction of sp³-hybridized carbons (Fsp3) is 0.250. The average molecular weight is 297 g/mol. The molecule has 0 radical (unpaired) electrons. The van der Waals surface area contributed by atoms with Gasteiger partial charge in [0.1, 0.15) is 0 Å². The third-order valence-electron chi connectivity index (χ3n) is 4.11. The van der Waals surface area contributed by atoms with Crippen molar-refractivity contribution in [1.82, 2.24) is 15.1 Å². The number of carbonyl (C=O) groups is 1. The van der Waals surface area contributed by atoms with Crippen molar-refractivity contribution in [2.45, 2.75) is 18.9 Å². The van der Waals surface area contributed by atoms with E-state index in [0.717, 1.165) is 30.3 Å². The molecular weight excluding hydrogens is 282 g/mol. The van der Waals surface area contributed by atoms with Gasteiger partial charge in [0.15, 0.2) is 5.69 Å². The lowest BCUT2D eigenvalue weighted by Crippen LogP contribution is -2.30. The molecule has 0 bridgehead atoms. The first-order valence-electron chi connectivity index (χ1n) is 7.11. The zero-order chi connectivity index (χ0) is 14.2. The lowest BCUT2D eigenvalue weighted by molar-refractivity contribution is 0.0732. The molecule has 5 heteroatoms. The summed E-state index contributed by atoms with van der Waals surface area (Å²) in [5, 5.41) is 12.3. The number of nitrogens with one attached hydrogen (secondary N) is 1. The van der Waals surface area contributed by atoms with Gasteiger partial charge in [-0.05, 0) is 41.3 Å². The molecule has 0 aliphatic carbocycles. The molecule has 1 aliphatic rings. The van der Waals surface area contributed by atoms with Crippen LogP contribution in [0.4, 0.5) is 0 Å². The average Bonchev–Trinajstić information content (AvgIpc) is 3.25. The lowest BCUT2D eigenvalue weighted by Gasteiger charge is -2.23. The van der Waals surface area contributed by atoms with Crippen LogP contribution in [0.15, 0.2) is 41.1 Å². The van der Waals surface area contributed by atoms with Crippen LogP contribution in [-0.2, 0) is 0 Å². The molecule has 2 aromatic heterocycles. The second-order valence-corrected chi connectivity index (χ2v) is 6.11. The largest absolute Gasteiger partial charge is 0.330 e. The molecule has 0 saturated carbocycles. The number of likely N-dealkylation sites (tertiary alicyclic amines) is 1. The Balaban J connectivity index is 1.71. The molecule has 0 spiro atoms. The molecule has 4 nitrogen and oxygen atoms in total. The normalized spacial score (nSPS) is 18.5. The molecule has 1 N–H and O–H groups in total. The van der Waals surface area contributed by atoms with Gasteiger partial charge >= 0.3 is 0 Å². The van der Waals surface area contributed by atoms with E-state index in [1.54, 1.807) is 11.3 Å². The first kappa shape index (κ1) is 12.6. The maximum atomic E-state index is 12.9. The number of nitrogens with zero attached hydrogens (tertiary/aromatic N) is 2. The zero-order valence-corrected chi connectivity index (χ0v) is 12.3. The number of hydrogen-bond acceptors (Lipinski definition) is 3. The molecule has 21 heavy (non-hydrogen) atoms. The molecular formula is C16H15N3OS. The number of aromatic nitrogens is 2. The van der Waals surface area contributed by atoms with Gasteiger partial charge in [0, 0.05) is 11.9 Å². The topological polar surface area (TPSA) is 49.0 Å². The van der Waals surface area contributed by atoms with Crippen LogP contribution in [0.2, 0.25) is 0 Å². The highest BCUT2D eigenvalue weighted by Crippen LogP contribution is 2.34. The third-order valence-corrected chi connectivity index (χ3v) is 4.82. The highest BCUT2D eigenvalue weighted by atomic mass is 32.1. The number of H-pyrrole nitrogens is 1. The van der Waals surface area contributed by atoms with Gasteiger partial charge < -0.3 is 4.90 Å². The van der Waals surface area contributed by atoms with Crippen molar-refractivity contribution in [2.75, 3.05) is 6.54 Å². The predicted octanol–water partition coefficient (Wildman–Crippen LogP) is 3.60. The minimum Gasteiger partial charge on any atom is -0.330 e. The molecule has 4 rings (SSSR count). The summed E-state index contributed by atoms with van der Waals surface area (Å²) in [6.07, 6.45) is 2.08. The minimum atomic E-state index is 0.0288. The maximum absolute atomic E-state index is 12.9. The van der Waals surface area contributed by atoms with Crippen LogP contribution in [0.3, 0.4) is 0 Å². The Morgan fingerprint density at radius 1 is 1.33 bits per heavy atom. The number of carbonyl (C=O) groups excluding carboxylic acids is 1. The fourth-order valence-electron chi connectivity index (χ4n) is 3.08. The van der Waals surface area contributed by atoms with Crippen molar-refractivity contribution < 1.29 is 4.79 Å². The number of benzene rings is 1. The Morgan fingerprint density at radius 2 is 2.24 bits per heavy atom. The van der Waals surface area contributed by atoms with Crippen LogP contribution in [0, 0.1) is 0 Å². The summed E-state index contributed by atoms with van der Waals surface area (Å²) >= 11 is 1.68. The summed E-state index contributed by atoms with van der Waals surface area (Å²) < 4.78 is 0. The van der Waals surface area contributed by atoms with E-state index in [1.807, 2.05) is 29.2 Å². The molecule has 3 heterocycles. The van der Waals surface area contributed by atoms with Crippen molar-refractivity contribution in [2.24, 2.45) is 0 Å². The number of rotatable bonds is 2. The summed E-state index contributed by atoms with van der Waals surface area (Å²) in [4.78, 5) is 14.8. The van der Waals surface area contributed by atoms with Crippen molar-refractivity contribution in [1.29, 1.82) is 0 Å². The highest BCUT2D eigenvalue weighted by Gasteiger charge is 2.32. The molecule has 3 aromatic rings. The Labute approximate surface area is 126 Å². The summed E-state index contributed by atoms with van der Waals surface area (Å²) in [6, 6.07) is 10.1. The van der Waals surface area contributed by atoms with Crippen molar-refractivity contribution in [3.05, 3.63) is 52.3 Å². The van der Waals surface area contributed by atoms with Crippen LogP contribution in [-0.4, -0.2) is 27.5 Å². The monoisotopic (exact) mass is 297 g/mol. The second kappa shape index (κ2) is 5.00. The molecule has 1 amide bonds. The van der Waals surface area contributed by atoms with Gasteiger partial charge in [0.2, 0.25) is 0 Å². The molecule has 1 aliphatic heterocycles. The highest BCUT2D eigenvalue weighted by molar-refractivity contribution is 7.08. The quantitative estimate of drug-likeness (QED) is 0.785. The van der Waals surface area contributed by atoms with E-state index >= 15 is 0 Å². The van der Waals surface area contributed by atoms with Gasteiger partial charge in [-0.25, -0.2) is 0 Å². The summed E-state index contributed by atoms with van der Waals surface area (Å²) in [5.41, 5.74) is 2.69. The van der Waals surface area contributed by atoms with E-state index in [2.05, 4.69) is 27.0 Å². The SMILES string of the molecule is O=C(c1n[nH]c2ccccc12)N1CCCC1c1ccsc1. The number of thiophene rings is 1. The number of hydrogen-bond donors (Lipinski definition) is 1. The van der Waals surface area contributed by atoms with Gasteiger partial charge in [-0.1, -0.05) is 18.2 Å². The number of fused-ring (bicyclic) bond motifs is 1. The van der Waals surface area contributed by atoms with Crippen molar-refractivity contribution >= 4 is 28.1 Å². The van der Waals surface area contributed by atoms with E-state index in [4.69, 9.17) is 0 Å². The van der Waals surface area contributed by atoms with Crippen LogP contribution in [0.25, 0.3) is 10.9 Å². The van der Waals surface area contributed by atoms with Gasteiger partial charge in [-0.15, -0.1) is 0 Å². The van der Waals surface area contributed by atoms with Gasteiger partial charge in [0.25, 0.3) is 5.91 Å². The van der Waals surface area contributed by atoms with E-state index in [-0.39, 0.29) is 11.9 Å². The summed E-state index contributed by atoms with van der Waals surface area (Å²) in [6.45, 7) is 0.806. The Morgan fingerprint density at radius 3 is 3.10 bits per heavy atom. The van der Waals surface area contributed by atoms with Crippen LogP contribution < -0.4 is 0 Å². The number of para-hydroxylation sites is 1. The van der Waals surface area contributed by atoms with E-state index in [0.29, 0.717) is 5.69 Å². The maximum Gasteiger partial charge on any atom is 0.275 e. The fourth-order valence-corrected chi connectivity index (χ4v) is 3.79. The van der Waals surface area contributed by atoms with Crippen LogP contribution in [0.1, 0.15) is 34.9 Å². The standard InChI is InChI=1S/C16H15N3OS/c20-16(15-12-4-1-2-5-13(12)17-18-15)19-8-3-6-14(19)11-7-9-21-10-11/h1-2,4-5,7,9-10,14H,3,6,8H2,(H,17,18). The predicted molar refractivity (Wildman–Crippen MR) is 83.4 cm³/mol. The minimum absolute atomic E-state index is 0.0288. The zero-order valence-electron chi connectivity index (χ0n) is 11.5. The van der Waals surface area contributed by atoms with Crippen molar-refractivity contribution in [3.8, 4) is 0 Å². The Bertz CT molecular complexity index is 778. The van der Waals surface area contributed by atoms with Gasteiger partial charge in [-0.3, -0.25) is 9.89 Å². The smallest absolute Gasteiger partial charge is 0.275 e. The summed E-state index contributed by atoms with van der Waals surface area (Å²) in [5.74, 6) is 0.0288. The van der Waals surface area contributed by atoms with Crippen LogP contribution >= 0.6 is 11.3 Å². The van der Waals surface area contributed by atoms with Crippen molar-refractivity contribution in [3.63, 3.8) is 0 Å². The first-order valence-corrected chi connectivity index (χ1v) is 8.05. The van der Waals surface area contributed by atoms with E-state index < -0.39 is 0 Å². The van der Waals surface area contributed by atoms with Gasteiger partial charge in [0.05, 0.1) is 11.6 Å². The molecule has 1 aromatic carbocycles. The van der Waals surface area contributed by atoms with Crippen LogP contribution in [0.5, 0.6) is 0 Å². The van der Waals surface area contributed by atoms with Gasteiger partial charge in [-0.2, -0.15) is 16.4 Å². The number of amides is 1. The van der Waals surface area contributed by atoms with E-state index in [1.165, 1.54) is 5.56 Å². The molecule has 1 saturated heterocycles. The first-order chi connectivity index (χ1) is 10.3.